The lowest BCUT2D eigenvalue weighted by atomic mass is 9.73. The number of Topliss-reactive ketones (excluding diaryl/α,β-unsaturated/α-hetero) is 2. The molecule has 2 aliphatic heterocycles. The number of nitrogens with zero attached hydrogens (tertiary/aromatic N) is 2. The fourth-order valence-electron chi connectivity index (χ4n) is 10.8. The Morgan fingerprint density at radius 1 is 0.926 bits per heavy atom. The Morgan fingerprint density at radius 2 is 1.54 bits per heavy atom. The first-order chi connectivity index (χ1) is 24.8. The molecule has 12 heteroatoms. The summed E-state index contributed by atoms with van der Waals surface area (Å²) in [6, 6.07) is -1.25. The molecule has 2 N–H and O–H groups in total. The summed E-state index contributed by atoms with van der Waals surface area (Å²) in [5.41, 5.74) is -2.79. The lowest BCUT2D eigenvalue weighted by Crippen LogP contribution is -2.59. The topological polar surface area (TPSA) is 150 Å². The van der Waals surface area contributed by atoms with Crippen molar-refractivity contribution in [3.63, 3.8) is 0 Å². The van der Waals surface area contributed by atoms with Gasteiger partial charge >= 0.3 is 0 Å². The van der Waals surface area contributed by atoms with Crippen molar-refractivity contribution in [2.24, 2.45) is 50.2 Å². The molecule has 3 amide bonds. The van der Waals surface area contributed by atoms with Gasteiger partial charge < -0.3 is 10.2 Å². The highest BCUT2D eigenvalue weighted by Crippen LogP contribution is 2.88. The van der Waals surface area contributed by atoms with E-state index in [2.05, 4.69) is 49.2 Å². The number of sulfonamides is 1. The SMILES string of the molecule is C=C[C@@H]1C[C@]1(CC(=O)[C@@H]1C[C@@]2(CN1C(=O)[C@@H](CC(=O)[C@@H](NC(=O)C1CN(C(C)C)C1)C(C)(C)C)C(C)(C)C)C(C)(C)C21CCC1)C(=O)NS(=O)(=O)C1CC1. The molecule has 2 spiro atoms. The largest absolute Gasteiger partial charge is 0.345 e. The van der Waals surface area contributed by atoms with E-state index in [9.17, 15) is 27.6 Å². The number of nitrogens with one attached hydrogen (secondary N) is 2. The van der Waals surface area contributed by atoms with Gasteiger partial charge in [0.05, 0.1) is 28.7 Å². The maximum absolute atomic E-state index is 15.1. The highest BCUT2D eigenvalue weighted by atomic mass is 32.2. The van der Waals surface area contributed by atoms with Crippen LogP contribution < -0.4 is 10.0 Å². The number of rotatable bonds is 14. The van der Waals surface area contributed by atoms with Crippen LogP contribution >= 0.6 is 0 Å². The quantitative estimate of drug-likeness (QED) is 0.234. The normalized spacial score (nSPS) is 31.4. The lowest BCUT2D eigenvalue weighted by Gasteiger charge is -2.42. The number of ketones is 2. The Hall–Kier alpha value is -2.60. The highest BCUT2D eigenvalue weighted by Gasteiger charge is 2.85. The molecule has 0 unspecified atom stereocenters. The van der Waals surface area contributed by atoms with E-state index in [1.165, 1.54) is 0 Å². The fraction of sp³-hybridized carbons (Fsp3) is 0.833. The molecule has 6 fully saturated rings. The fourth-order valence-corrected chi connectivity index (χ4v) is 12.2. The molecular formula is C42H66N4O7S. The van der Waals surface area contributed by atoms with Crippen LogP contribution in [0.25, 0.3) is 0 Å². The van der Waals surface area contributed by atoms with Crippen LogP contribution in [0.1, 0.15) is 127 Å². The third-order valence-electron chi connectivity index (χ3n) is 15.3. The molecule has 0 aromatic carbocycles. The van der Waals surface area contributed by atoms with E-state index >= 15 is 4.79 Å². The third kappa shape index (κ3) is 6.60. The van der Waals surface area contributed by atoms with Crippen LogP contribution in [0.15, 0.2) is 12.7 Å². The Bertz CT molecular complexity index is 1710. The predicted octanol–water partition coefficient (Wildman–Crippen LogP) is 5.04. The van der Waals surface area contributed by atoms with Gasteiger partial charge in [0.25, 0.3) is 0 Å². The molecular weight excluding hydrogens is 705 g/mol. The van der Waals surface area contributed by atoms with Gasteiger partial charge in [0, 0.05) is 49.9 Å². The molecule has 0 bridgehead atoms. The summed E-state index contributed by atoms with van der Waals surface area (Å²) >= 11 is 0. The first kappa shape index (κ1) is 41.0. The van der Waals surface area contributed by atoms with Crippen LogP contribution in [0.5, 0.6) is 0 Å². The average molecular weight is 771 g/mol. The molecule has 302 valence electrons. The van der Waals surface area contributed by atoms with Crippen LogP contribution in [0.3, 0.4) is 0 Å². The maximum Gasteiger partial charge on any atom is 0.240 e. The first-order valence-electron chi connectivity index (χ1n) is 20.4. The van der Waals surface area contributed by atoms with Crippen molar-refractivity contribution >= 4 is 39.3 Å². The number of fused-ring (bicyclic) bond motifs is 1. The molecule has 6 aliphatic rings. The Labute approximate surface area is 323 Å². The minimum atomic E-state index is -3.82. The van der Waals surface area contributed by atoms with Crippen molar-refractivity contribution in [2.75, 3.05) is 19.6 Å². The second-order valence-corrected chi connectivity index (χ2v) is 23.0. The number of hydrogen-bond acceptors (Lipinski definition) is 8. The lowest BCUT2D eigenvalue weighted by molar-refractivity contribution is -0.147. The van der Waals surface area contributed by atoms with Gasteiger partial charge in [0.15, 0.2) is 11.6 Å². The summed E-state index contributed by atoms with van der Waals surface area (Å²) in [6.07, 6.45) is 6.37. The standard InChI is InChI=1S/C42H66N4O7S/c1-12-27-19-40(27,36(51)44-54(52,53)28-14-15-28)21-32(48)30-20-42(39(10,11)41(42)16-13-17-41)24-46(30)35(50)29(37(4,5)6)18-31(47)33(38(7,8)9)43-34(49)26-22-45(23-26)25(2)3/h12,25-30,33H,1,13-24H2,2-11H3,(H,43,49)(H,44,51)/t27-,29-,30+,33-,40-,42-/m1/s1. The van der Waals surface area contributed by atoms with Gasteiger partial charge in [-0.3, -0.25) is 33.6 Å². The molecule has 11 nitrogen and oxygen atoms in total. The summed E-state index contributed by atoms with van der Waals surface area (Å²) in [4.78, 5) is 75.1. The van der Waals surface area contributed by atoms with E-state index in [1.54, 1.807) is 11.0 Å². The predicted molar refractivity (Wildman–Crippen MR) is 207 cm³/mol. The summed E-state index contributed by atoms with van der Waals surface area (Å²) < 4.78 is 27.9. The minimum Gasteiger partial charge on any atom is -0.345 e. The van der Waals surface area contributed by atoms with E-state index < -0.39 is 55.4 Å². The van der Waals surface area contributed by atoms with Crippen molar-refractivity contribution in [1.82, 2.24) is 19.8 Å². The zero-order valence-electron chi connectivity index (χ0n) is 34.5. The van der Waals surface area contributed by atoms with Crippen LogP contribution in [0.4, 0.5) is 0 Å². The van der Waals surface area contributed by atoms with Gasteiger partial charge in [-0.2, -0.15) is 0 Å². The van der Waals surface area contributed by atoms with Crippen molar-refractivity contribution < 1.29 is 32.4 Å². The zero-order valence-corrected chi connectivity index (χ0v) is 35.3. The van der Waals surface area contributed by atoms with Crippen LogP contribution in [-0.4, -0.2) is 90.5 Å². The third-order valence-corrected chi connectivity index (χ3v) is 17.1. The van der Waals surface area contributed by atoms with Gasteiger partial charge in [-0.1, -0.05) is 67.9 Å². The molecule has 2 saturated heterocycles. The molecule has 0 aromatic heterocycles. The summed E-state index contributed by atoms with van der Waals surface area (Å²) in [6.45, 7) is 25.9. The summed E-state index contributed by atoms with van der Waals surface area (Å²) in [5, 5.41) is 2.49. The summed E-state index contributed by atoms with van der Waals surface area (Å²) in [7, 11) is -3.82. The highest BCUT2D eigenvalue weighted by molar-refractivity contribution is 7.90. The molecule has 0 aromatic rings. The van der Waals surface area contributed by atoms with Crippen LogP contribution in [-0.2, 0) is 34.0 Å². The van der Waals surface area contributed by atoms with Crippen molar-refractivity contribution in [1.29, 1.82) is 0 Å². The number of allylic oxidation sites excluding steroid dienone is 1. The smallest absolute Gasteiger partial charge is 0.240 e. The van der Waals surface area contributed by atoms with E-state index in [0.29, 0.717) is 51.4 Å². The number of hydrogen-bond donors (Lipinski definition) is 2. The van der Waals surface area contributed by atoms with Gasteiger partial charge in [-0.25, -0.2) is 8.42 Å². The van der Waals surface area contributed by atoms with Crippen LogP contribution in [0, 0.1) is 50.2 Å². The number of carbonyl (C=O) groups is 5. The van der Waals surface area contributed by atoms with E-state index in [1.807, 2.05) is 41.5 Å². The van der Waals surface area contributed by atoms with Crippen LogP contribution in [0.2, 0.25) is 0 Å². The zero-order chi connectivity index (χ0) is 40.2. The molecule has 2 heterocycles. The molecule has 6 rings (SSSR count). The molecule has 0 radical (unpaired) electrons. The minimum absolute atomic E-state index is 0.0333. The molecule has 4 saturated carbocycles. The number of carbonyl (C=O) groups excluding carboxylic acids is 5. The van der Waals surface area contributed by atoms with Crippen molar-refractivity contribution in [3.8, 4) is 0 Å². The van der Waals surface area contributed by atoms with Gasteiger partial charge in [0.2, 0.25) is 27.7 Å². The molecule has 6 atom stereocenters. The number of likely N-dealkylation sites (tertiary alicyclic amines) is 2. The van der Waals surface area contributed by atoms with Gasteiger partial charge in [-0.05, 0) is 80.0 Å². The second kappa shape index (κ2) is 13.2. The Morgan fingerprint density at radius 3 is 1.98 bits per heavy atom. The molecule has 54 heavy (non-hydrogen) atoms. The second-order valence-electron chi connectivity index (χ2n) is 21.0. The number of amides is 3. The maximum atomic E-state index is 15.1. The van der Waals surface area contributed by atoms with E-state index in [0.717, 1.165) is 19.3 Å². The Balaban J connectivity index is 1.26. The van der Waals surface area contributed by atoms with E-state index in [4.69, 9.17) is 0 Å². The monoisotopic (exact) mass is 770 g/mol. The summed E-state index contributed by atoms with van der Waals surface area (Å²) in [5.74, 6) is -2.80. The first-order valence-corrected chi connectivity index (χ1v) is 21.9. The van der Waals surface area contributed by atoms with Gasteiger partial charge in [-0.15, -0.1) is 6.58 Å². The van der Waals surface area contributed by atoms with Crippen molar-refractivity contribution in [2.45, 2.75) is 150 Å². The van der Waals surface area contributed by atoms with Gasteiger partial charge in [0.1, 0.15) is 0 Å². The van der Waals surface area contributed by atoms with Crippen molar-refractivity contribution in [3.05, 3.63) is 12.7 Å². The Kier molecular flexibility index (Phi) is 10.1. The average Bonchev–Trinajstić information content (AvgIpc) is 3.93. The molecule has 4 aliphatic carbocycles. The van der Waals surface area contributed by atoms with E-state index in [-0.39, 0.29) is 64.3 Å².